The molecule has 26 heavy (non-hydrogen) atoms. The lowest BCUT2D eigenvalue weighted by molar-refractivity contribution is 0.162. The fourth-order valence-electron chi connectivity index (χ4n) is 3.18. The van der Waals surface area contributed by atoms with Gasteiger partial charge in [-0.2, -0.15) is 9.57 Å². The van der Waals surface area contributed by atoms with Crippen molar-refractivity contribution in [2.24, 2.45) is 0 Å². The van der Waals surface area contributed by atoms with Gasteiger partial charge in [-0.1, -0.05) is 47.5 Å². The summed E-state index contributed by atoms with van der Waals surface area (Å²) < 4.78 is 27.1. The molecule has 1 aliphatic rings. The monoisotopic (exact) mass is 369 g/mol. The first-order valence-corrected chi connectivity index (χ1v) is 10.1. The van der Waals surface area contributed by atoms with Gasteiger partial charge < -0.3 is 0 Å². The minimum absolute atomic E-state index is 0.326. The number of aryl methyl sites for hydroxylation is 2. The molecule has 136 valence electrons. The Hall–Kier alpha value is -2.20. The van der Waals surface area contributed by atoms with E-state index in [2.05, 4.69) is 6.07 Å². The normalized spacial score (nSPS) is 17.6. The topological polar surface area (TPSA) is 64.4 Å². The van der Waals surface area contributed by atoms with E-state index in [1.807, 2.05) is 55.1 Å². The van der Waals surface area contributed by atoms with Crippen LogP contribution in [0.1, 0.15) is 22.7 Å². The highest BCUT2D eigenvalue weighted by molar-refractivity contribution is 7.89. The molecule has 1 unspecified atom stereocenters. The van der Waals surface area contributed by atoms with Crippen LogP contribution in [0.25, 0.3) is 0 Å². The second-order valence-corrected chi connectivity index (χ2v) is 8.63. The molecular formula is C20H23N3O2S. The largest absolute Gasteiger partial charge is 0.282 e. The summed E-state index contributed by atoms with van der Waals surface area (Å²) >= 11 is 0. The van der Waals surface area contributed by atoms with Crippen molar-refractivity contribution in [2.75, 3.05) is 26.2 Å². The Kier molecular flexibility index (Phi) is 5.42. The van der Waals surface area contributed by atoms with Crippen molar-refractivity contribution < 1.29 is 8.42 Å². The molecule has 0 aromatic heterocycles. The number of hydrogen-bond acceptors (Lipinski definition) is 4. The summed E-state index contributed by atoms with van der Waals surface area (Å²) in [5.41, 5.74) is 3.14. The Bertz CT molecular complexity index is 892. The van der Waals surface area contributed by atoms with Gasteiger partial charge in [0.05, 0.1) is 11.0 Å². The van der Waals surface area contributed by atoms with Gasteiger partial charge >= 0.3 is 0 Å². The van der Waals surface area contributed by atoms with Crippen LogP contribution in [0, 0.1) is 25.2 Å². The second-order valence-electron chi connectivity index (χ2n) is 6.70. The van der Waals surface area contributed by atoms with Crippen LogP contribution in [0.2, 0.25) is 0 Å². The van der Waals surface area contributed by atoms with E-state index in [1.54, 1.807) is 12.1 Å². The van der Waals surface area contributed by atoms with E-state index in [-0.39, 0.29) is 6.04 Å². The number of sulfonamides is 1. The number of hydrogen-bond donors (Lipinski definition) is 0. The molecule has 1 atom stereocenters. The predicted molar refractivity (Wildman–Crippen MR) is 101 cm³/mol. The lowest BCUT2D eigenvalue weighted by atomic mass is 10.0. The summed E-state index contributed by atoms with van der Waals surface area (Å²) in [4.78, 5) is 2.37. The van der Waals surface area contributed by atoms with Crippen molar-refractivity contribution in [1.29, 1.82) is 5.26 Å². The first-order valence-electron chi connectivity index (χ1n) is 8.69. The Morgan fingerprint density at radius 3 is 1.88 bits per heavy atom. The predicted octanol–water partition coefficient (Wildman–Crippen LogP) is 2.87. The molecule has 2 aromatic carbocycles. The number of nitrogens with zero attached hydrogens (tertiary/aromatic N) is 3. The van der Waals surface area contributed by atoms with Gasteiger partial charge in [0.25, 0.3) is 0 Å². The molecule has 0 N–H and O–H groups in total. The number of nitriles is 1. The van der Waals surface area contributed by atoms with E-state index in [0.717, 1.165) is 16.7 Å². The van der Waals surface area contributed by atoms with Crippen molar-refractivity contribution in [3.05, 3.63) is 65.2 Å². The van der Waals surface area contributed by atoms with Gasteiger partial charge in [-0.05, 0) is 31.5 Å². The first-order chi connectivity index (χ1) is 12.4. The van der Waals surface area contributed by atoms with Crippen molar-refractivity contribution in [2.45, 2.75) is 24.8 Å². The second kappa shape index (κ2) is 7.58. The number of benzene rings is 2. The summed E-state index contributed by atoms with van der Waals surface area (Å²) in [5, 5.41) is 9.61. The SMILES string of the molecule is Cc1ccc(C(C#N)N2CCN(S(=O)(=O)c3ccc(C)cc3)CC2)cc1. The molecule has 0 saturated carbocycles. The van der Waals surface area contributed by atoms with Gasteiger partial charge in [-0.15, -0.1) is 0 Å². The van der Waals surface area contributed by atoms with Gasteiger partial charge in [0.2, 0.25) is 10.0 Å². The van der Waals surface area contributed by atoms with E-state index in [0.29, 0.717) is 31.1 Å². The number of piperazine rings is 1. The highest BCUT2D eigenvalue weighted by Crippen LogP contribution is 2.24. The average molecular weight is 369 g/mol. The maximum absolute atomic E-state index is 12.8. The van der Waals surface area contributed by atoms with Crippen LogP contribution in [0.5, 0.6) is 0 Å². The maximum atomic E-state index is 12.8. The van der Waals surface area contributed by atoms with Crippen LogP contribution in [0.15, 0.2) is 53.4 Å². The first kappa shape index (κ1) is 18.6. The van der Waals surface area contributed by atoms with Gasteiger partial charge in [0, 0.05) is 26.2 Å². The summed E-state index contributed by atoms with van der Waals surface area (Å²) in [6.45, 7) is 5.80. The van der Waals surface area contributed by atoms with Crippen LogP contribution in [-0.4, -0.2) is 43.8 Å². The summed E-state index contributed by atoms with van der Waals surface area (Å²) in [7, 11) is -3.48. The van der Waals surface area contributed by atoms with E-state index >= 15 is 0 Å². The van der Waals surface area contributed by atoms with E-state index < -0.39 is 10.0 Å². The maximum Gasteiger partial charge on any atom is 0.243 e. The highest BCUT2D eigenvalue weighted by atomic mass is 32.2. The zero-order chi connectivity index (χ0) is 18.7. The van der Waals surface area contributed by atoms with Gasteiger partial charge in [-0.3, -0.25) is 4.90 Å². The van der Waals surface area contributed by atoms with Crippen LogP contribution in [0.3, 0.4) is 0 Å². The summed E-state index contributed by atoms with van der Waals surface area (Å²) in [5.74, 6) is 0. The fraction of sp³-hybridized carbons (Fsp3) is 0.350. The lowest BCUT2D eigenvalue weighted by Gasteiger charge is -2.36. The highest BCUT2D eigenvalue weighted by Gasteiger charge is 2.31. The number of rotatable bonds is 4. The minimum atomic E-state index is -3.48. The molecule has 1 fully saturated rings. The standard InChI is InChI=1S/C20H23N3O2S/c1-16-3-7-18(8-4-16)20(15-21)22-11-13-23(14-12-22)26(24,25)19-9-5-17(2)6-10-19/h3-10,20H,11-14H2,1-2H3. The molecule has 1 aliphatic heterocycles. The lowest BCUT2D eigenvalue weighted by Crippen LogP contribution is -2.49. The molecule has 0 spiro atoms. The van der Waals surface area contributed by atoms with Gasteiger partial charge in [0.1, 0.15) is 6.04 Å². The Morgan fingerprint density at radius 2 is 1.38 bits per heavy atom. The zero-order valence-corrected chi connectivity index (χ0v) is 15.9. The van der Waals surface area contributed by atoms with Gasteiger partial charge in [-0.25, -0.2) is 8.42 Å². The van der Waals surface area contributed by atoms with Crippen LogP contribution >= 0.6 is 0 Å². The van der Waals surface area contributed by atoms with Crippen molar-refractivity contribution >= 4 is 10.0 Å². The summed E-state index contributed by atoms with van der Waals surface area (Å²) in [6, 6.07) is 16.9. The molecule has 5 nitrogen and oxygen atoms in total. The van der Waals surface area contributed by atoms with Gasteiger partial charge in [0.15, 0.2) is 0 Å². The molecule has 0 aliphatic carbocycles. The molecule has 1 saturated heterocycles. The smallest absolute Gasteiger partial charge is 0.243 e. The van der Waals surface area contributed by atoms with Crippen molar-refractivity contribution in [3.63, 3.8) is 0 Å². The van der Waals surface area contributed by atoms with Crippen molar-refractivity contribution in [3.8, 4) is 6.07 Å². The molecule has 1 heterocycles. The van der Waals surface area contributed by atoms with E-state index in [1.165, 1.54) is 4.31 Å². The quantitative estimate of drug-likeness (QED) is 0.831. The van der Waals surface area contributed by atoms with Crippen LogP contribution < -0.4 is 0 Å². The van der Waals surface area contributed by atoms with Crippen molar-refractivity contribution in [1.82, 2.24) is 9.21 Å². The molecule has 0 amide bonds. The summed E-state index contributed by atoms with van der Waals surface area (Å²) in [6.07, 6.45) is 0. The third-order valence-electron chi connectivity index (χ3n) is 4.81. The Balaban J connectivity index is 1.71. The van der Waals surface area contributed by atoms with E-state index in [9.17, 15) is 13.7 Å². The molecule has 2 aromatic rings. The third kappa shape index (κ3) is 3.80. The van der Waals surface area contributed by atoms with Crippen LogP contribution in [-0.2, 0) is 10.0 Å². The Morgan fingerprint density at radius 1 is 0.885 bits per heavy atom. The molecule has 3 rings (SSSR count). The molecule has 6 heteroatoms. The minimum Gasteiger partial charge on any atom is -0.282 e. The third-order valence-corrected chi connectivity index (χ3v) is 6.73. The average Bonchev–Trinajstić information content (AvgIpc) is 2.65. The molecular weight excluding hydrogens is 346 g/mol. The van der Waals surface area contributed by atoms with E-state index in [4.69, 9.17) is 0 Å². The Labute approximate surface area is 155 Å². The zero-order valence-electron chi connectivity index (χ0n) is 15.1. The molecule has 0 bridgehead atoms. The molecule has 0 radical (unpaired) electrons. The van der Waals surface area contributed by atoms with Crippen LogP contribution in [0.4, 0.5) is 0 Å². The fourth-order valence-corrected chi connectivity index (χ4v) is 4.60.